The minimum Gasteiger partial charge on any atom is -0.276 e. The molecule has 1 aromatic heterocycles. The molecule has 4 heteroatoms. The van der Waals surface area contributed by atoms with E-state index in [1.165, 1.54) is 12.8 Å². The minimum atomic E-state index is -0.0411. The van der Waals surface area contributed by atoms with Crippen molar-refractivity contribution in [2.75, 3.05) is 0 Å². The Morgan fingerprint density at radius 2 is 2.07 bits per heavy atom. The summed E-state index contributed by atoms with van der Waals surface area (Å²) in [6.45, 7) is 4.14. The van der Waals surface area contributed by atoms with Gasteiger partial charge >= 0.3 is 5.69 Å². The van der Waals surface area contributed by atoms with Crippen molar-refractivity contribution >= 4 is 0 Å². The zero-order valence-corrected chi connectivity index (χ0v) is 8.79. The Morgan fingerprint density at radius 1 is 1.43 bits per heavy atom. The van der Waals surface area contributed by atoms with Gasteiger partial charge in [0.1, 0.15) is 5.82 Å². The van der Waals surface area contributed by atoms with Gasteiger partial charge in [-0.25, -0.2) is 9.89 Å². The van der Waals surface area contributed by atoms with Gasteiger partial charge in [-0.3, -0.25) is 4.57 Å². The van der Waals surface area contributed by atoms with Gasteiger partial charge in [0.2, 0.25) is 0 Å². The van der Waals surface area contributed by atoms with Crippen molar-refractivity contribution < 1.29 is 0 Å². The molecule has 1 N–H and O–H groups in total. The number of nitrogens with zero attached hydrogens (tertiary/aromatic N) is 2. The molecule has 1 aromatic rings. The van der Waals surface area contributed by atoms with Gasteiger partial charge < -0.3 is 0 Å². The molecule has 1 heterocycles. The van der Waals surface area contributed by atoms with Crippen LogP contribution in [0.4, 0.5) is 0 Å². The fourth-order valence-electron chi connectivity index (χ4n) is 2.24. The largest absolute Gasteiger partial charge is 0.343 e. The summed E-state index contributed by atoms with van der Waals surface area (Å²) in [4.78, 5) is 11.6. The van der Waals surface area contributed by atoms with Gasteiger partial charge in [-0.05, 0) is 12.8 Å². The van der Waals surface area contributed by atoms with Crippen LogP contribution in [-0.2, 0) is 0 Å². The van der Waals surface area contributed by atoms with Crippen LogP contribution in [0.2, 0.25) is 0 Å². The SMILES string of the molecule is CC(C)c1n[nH]c(=O)n1C1CCCC1. The number of rotatable bonds is 2. The van der Waals surface area contributed by atoms with Crippen LogP contribution < -0.4 is 5.69 Å². The maximum atomic E-state index is 11.6. The van der Waals surface area contributed by atoms with Crippen LogP contribution in [0.1, 0.15) is 57.3 Å². The normalized spacial score (nSPS) is 18.2. The third-order valence-corrected chi connectivity index (χ3v) is 2.94. The van der Waals surface area contributed by atoms with Crippen LogP contribution >= 0.6 is 0 Å². The standard InChI is InChI=1S/C10H17N3O/c1-7(2)9-11-12-10(14)13(9)8-5-3-4-6-8/h7-8H,3-6H2,1-2H3,(H,12,14). The Labute approximate surface area is 83.3 Å². The Balaban J connectivity index is 2.38. The molecule has 1 aliphatic rings. The molecular formula is C10H17N3O. The van der Waals surface area contributed by atoms with E-state index in [0.717, 1.165) is 18.7 Å². The van der Waals surface area contributed by atoms with Gasteiger partial charge in [0.15, 0.2) is 0 Å². The Bertz CT molecular complexity index is 358. The van der Waals surface area contributed by atoms with Crippen molar-refractivity contribution in [2.24, 2.45) is 0 Å². The summed E-state index contributed by atoms with van der Waals surface area (Å²) in [6, 6.07) is 0.388. The average Bonchev–Trinajstić information content (AvgIpc) is 2.71. The van der Waals surface area contributed by atoms with E-state index in [4.69, 9.17) is 0 Å². The molecule has 0 aliphatic heterocycles. The number of aromatic amines is 1. The molecule has 0 radical (unpaired) electrons. The van der Waals surface area contributed by atoms with Crippen LogP contribution in [0.15, 0.2) is 4.79 Å². The molecule has 14 heavy (non-hydrogen) atoms. The first-order chi connectivity index (χ1) is 6.70. The zero-order chi connectivity index (χ0) is 10.1. The zero-order valence-electron chi connectivity index (χ0n) is 8.79. The lowest BCUT2D eigenvalue weighted by Crippen LogP contribution is -2.23. The van der Waals surface area contributed by atoms with E-state index in [2.05, 4.69) is 24.0 Å². The highest BCUT2D eigenvalue weighted by atomic mass is 16.1. The van der Waals surface area contributed by atoms with Crippen molar-refractivity contribution in [3.8, 4) is 0 Å². The predicted molar refractivity (Wildman–Crippen MR) is 54.4 cm³/mol. The van der Waals surface area contributed by atoms with Gasteiger partial charge in [-0.15, -0.1) is 0 Å². The summed E-state index contributed by atoms with van der Waals surface area (Å²) in [5.41, 5.74) is -0.0411. The third kappa shape index (κ3) is 1.49. The van der Waals surface area contributed by atoms with Crippen LogP contribution in [0.25, 0.3) is 0 Å². The lowest BCUT2D eigenvalue weighted by Gasteiger charge is -2.14. The highest BCUT2D eigenvalue weighted by molar-refractivity contribution is 4.96. The maximum Gasteiger partial charge on any atom is 0.343 e. The smallest absolute Gasteiger partial charge is 0.276 e. The van der Waals surface area contributed by atoms with Crippen LogP contribution in [0.5, 0.6) is 0 Å². The van der Waals surface area contributed by atoms with E-state index < -0.39 is 0 Å². The summed E-state index contributed by atoms with van der Waals surface area (Å²) < 4.78 is 1.86. The second-order valence-corrected chi connectivity index (χ2v) is 4.35. The quantitative estimate of drug-likeness (QED) is 0.782. The highest BCUT2D eigenvalue weighted by Crippen LogP contribution is 2.30. The van der Waals surface area contributed by atoms with Crippen LogP contribution in [0.3, 0.4) is 0 Å². The summed E-state index contributed by atoms with van der Waals surface area (Å²) >= 11 is 0. The Hall–Kier alpha value is -1.06. The van der Waals surface area contributed by atoms with Crippen molar-refractivity contribution in [1.29, 1.82) is 0 Å². The number of nitrogens with one attached hydrogen (secondary N) is 1. The number of aromatic nitrogens is 3. The molecule has 2 rings (SSSR count). The van der Waals surface area contributed by atoms with E-state index in [1.807, 2.05) is 4.57 Å². The van der Waals surface area contributed by atoms with Crippen LogP contribution in [-0.4, -0.2) is 14.8 Å². The molecule has 0 atom stereocenters. The molecule has 0 amide bonds. The predicted octanol–water partition coefficient (Wildman–Crippen LogP) is 1.81. The van der Waals surface area contributed by atoms with E-state index >= 15 is 0 Å². The van der Waals surface area contributed by atoms with Crippen LogP contribution in [0, 0.1) is 0 Å². The minimum absolute atomic E-state index is 0.0411. The van der Waals surface area contributed by atoms with E-state index in [-0.39, 0.29) is 5.69 Å². The van der Waals surface area contributed by atoms with Crippen molar-refractivity contribution in [2.45, 2.75) is 51.5 Å². The fraction of sp³-hybridized carbons (Fsp3) is 0.800. The molecule has 4 nitrogen and oxygen atoms in total. The average molecular weight is 195 g/mol. The molecule has 1 saturated carbocycles. The lowest BCUT2D eigenvalue weighted by molar-refractivity contribution is 0.474. The topological polar surface area (TPSA) is 50.7 Å². The molecule has 0 saturated heterocycles. The number of H-pyrrole nitrogens is 1. The molecule has 1 aliphatic carbocycles. The van der Waals surface area contributed by atoms with Gasteiger partial charge in [0, 0.05) is 12.0 Å². The Kier molecular flexibility index (Phi) is 2.44. The molecular weight excluding hydrogens is 178 g/mol. The summed E-state index contributed by atoms with van der Waals surface area (Å²) in [6.07, 6.45) is 4.72. The van der Waals surface area contributed by atoms with Gasteiger partial charge in [0.05, 0.1) is 0 Å². The summed E-state index contributed by atoms with van der Waals surface area (Å²) in [5, 5.41) is 6.64. The second kappa shape index (κ2) is 3.59. The number of hydrogen-bond acceptors (Lipinski definition) is 2. The maximum absolute atomic E-state index is 11.6. The van der Waals surface area contributed by atoms with E-state index in [0.29, 0.717) is 12.0 Å². The fourth-order valence-corrected chi connectivity index (χ4v) is 2.24. The number of hydrogen-bond donors (Lipinski definition) is 1. The van der Waals surface area contributed by atoms with Gasteiger partial charge in [0.25, 0.3) is 0 Å². The lowest BCUT2D eigenvalue weighted by atomic mass is 10.2. The van der Waals surface area contributed by atoms with E-state index in [9.17, 15) is 4.79 Å². The van der Waals surface area contributed by atoms with Crippen molar-refractivity contribution in [3.63, 3.8) is 0 Å². The molecule has 0 spiro atoms. The monoisotopic (exact) mass is 195 g/mol. The van der Waals surface area contributed by atoms with Crippen molar-refractivity contribution in [3.05, 3.63) is 16.3 Å². The molecule has 78 valence electrons. The summed E-state index contributed by atoms with van der Waals surface area (Å²) in [7, 11) is 0. The molecule has 1 fully saturated rings. The third-order valence-electron chi connectivity index (χ3n) is 2.94. The molecule has 0 aromatic carbocycles. The van der Waals surface area contributed by atoms with Gasteiger partial charge in [-0.2, -0.15) is 5.10 Å². The first kappa shape index (κ1) is 9.49. The second-order valence-electron chi connectivity index (χ2n) is 4.35. The van der Waals surface area contributed by atoms with Crippen molar-refractivity contribution in [1.82, 2.24) is 14.8 Å². The first-order valence-corrected chi connectivity index (χ1v) is 5.37. The van der Waals surface area contributed by atoms with E-state index in [1.54, 1.807) is 0 Å². The Morgan fingerprint density at radius 3 is 2.64 bits per heavy atom. The van der Waals surface area contributed by atoms with Gasteiger partial charge in [-0.1, -0.05) is 26.7 Å². The first-order valence-electron chi connectivity index (χ1n) is 5.37. The molecule has 0 bridgehead atoms. The highest BCUT2D eigenvalue weighted by Gasteiger charge is 2.23. The summed E-state index contributed by atoms with van der Waals surface area (Å²) in [5.74, 6) is 1.22. The molecule has 0 unspecified atom stereocenters.